The number of aliphatic hydroxyl groups is 12. The van der Waals surface area contributed by atoms with E-state index in [1.165, 1.54) is 27.7 Å². The van der Waals surface area contributed by atoms with Gasteiger partial charge in [0.05, 0.1) is 165 Å². The van der Waals surface area contributed by atoms with Crippen LogP contribution in [-0.4, -0.2) is 488 Å². The molecule has 0 radical (unpaired) electrons. The summed E-state index contributed by atoms with van der Waals surface area (Å²) in [4.78, 5) is 149. The first-order chi connectivity index (χ1) is 61.9. The highest BCUT2D eigenvalue weighted by Crippen LogP contribution is 2.29. The number of carbonyl (C=O) groups is 11. The summed E-state index contributed by atoms with van der Waals surface area (Å²) < 4.78 is 95.4. The SMILES string of the molecule is CCOC1CCC(C(=O)NC(CCC(=O)N(CC(=O)NCCOCCOCCOC2OC(CO)C(O)C(O)C2NC(C)=O)CC(=O)NCCOCCOCCOC2OC(CO)C(O)C(O)C2NC(C)=O)C(=O)N(CC(=O)NCCOCCOCCOC2OC(CO)C(O)C(O)C2NC(C)=O)CC(=O)NCCOCCOCCOC2OC(CO)C(O)C(O)C2NC(C)=O)CC1. The number of amides is 11. The number of ether oxygens (including phenoxy) is 17. The van der Waals surface area contributed by atoms with E-state index in [-0.39, 0.29) is 164 Å². The monoisotopic (exact) mass is 1870 g/mol. The van der Waals surface area contributed by atoms with Crippen molar-refractivity contribution in [3.8, 4) is 0 Å². The lowest BCUT2D eigenvalue weighted by atomic mass is 9.86. The molecule has 4 heterocycles. The molecule has 0 bridgehead atoms. The van der Waals surface area contributed by atoms with Gasteiger partial charge in [0.15, 0.2) is 25.2 Å². The quantitative estimate of drug-likeness (QED) is 0.0251. The summed E-state index contributed by atoms with van der Waals surface area (Å²) in [6, 6.07) is -6.34. The predicted molar refractivity (Wildman–Crippen MR) is 436 cm³/mol. The van der Waals surface area contributed by atoms with Crippen molar-refractivity contribution in [1.29, 1.82) is 0 Å². The Hall–Kier alpha value is -6.99. The van der Waals surface area contributed by atoms with E-state index in [0.717, 1.165) is 9.80 Å². The average molecular weight is 1870 g/mol. The van der Waals surface area contributed by atoms with Crippen LogP contribution in [0.1, 0.15) is 73.1 Å². The Bertz CT molecular complexity index is 3110. The zero-order valence-electron chi connectivity index (χ0n) is 73.5. The number of aliphatic hydroxyl groups excluding tert-OH is 12. The molecule has 21 unspecified atom stereocenters. The smallest absolute Gasteiger partial charge is 0.246 e. The summed E-state index contributed by atoms with van der Waals surface area (Å²) in [5, 5.41) is 145. The van der Waals surface area contributed by atoms with Gasteiger partial charge in [-0.05, 0) is 39.0 Å². The first-order valence-electron chi connectivity index (χ1n) is 43.1. The van der Waals surface area contributed by atoms with Crippen LogP contribution in [-0.2, 0) is 133 Å². The van der Waals surface area contributed by atoms with Crippen LogP contribution in [0.5, 0.6) is 0 Å². The normalized spacial score (nSPS) is 27.7. The Morgan fingerprint density at radius 3 is 0.853 bits per heavy atom. The van der Waals surface area contributed by atoms with Crippen LogP contribution in [0.4, 0.5) is 0 Å². The molecular formula is C78H137N11O40. The number of nitrogens with zero attached hydrogens (tertiary/aromatic N) is 2. The summed E-state index contributed by atoms with van der Waals surface area (Å²) in [5.74, 6) is -8.47. The highest BCUT2D eigenvalue weighted by Gasteiger charge is 2.50. The Labute approximate surface area is 746 Å². The van der Waals surface area contributed by atoms with Gasteiger partial charge in [0.2, 0.25) is 65.0 Å². The molecule has 1 aliphatic carbocycles. The van der Waals surface area contributed by atoms with Gasteiger partial charge in [0.1, 0.15) is 130 Å². The van der Waals surface area contributed by atoms with E-state index < -0.39 is 265 Å². The van der Waals surface area contributed by atoms with E-state index in [1.807, 2.05) is 6.92 Å². The molecule has 5 rings (SSSR count). The number of rotatable bonds is 64. The number of nitrogens with one attached hydrogen (secondary N) is 9. The lowest BCUT2D eigenvalue weighted by molar-refractivity contribution is -0.272. The van der Waals surface area contributed by atoms with Gasteiger partial charge in [-0.3, -0.25) is 52.7 Å². The average Bonchev–Trinajstić information content (AvgIpc) is 0.819. The molecule has 5 fully saturated rings. The summed E-state index contributed by atoms with van der Waals surface area (Å²) in [7, 11) is 0. The zero-order chi connectivity index (χ0) is 94.7. The molecule has 0 aromatic heterocycles. The zero-order valence-corrected chi connectivity index (χ0v) is 73.5. The van der Waals surface area contributed by atoms with E-state index in [1.54, 1.807) is 0 Å². The van der Waals surface area contributed by atoms with E-state index in [4.69, 9.17) is 80.5 Å². The van der Waals surface area contributed by atoms with Crippen LogP contribution >= 0.6 is 0 Å². The van der Waals surface area contributed by atoms with Crippen molar-refractivity contribution in [2.75, 3.05) is 218 Å². The summed E-state index contributed by atoms with van der Waals surface area (Å²) in [6.07, 6.45) is -21.7. The third-order valence-electron chi connectivity index (χ3n) is 20.5. The van der Waals surface area contributed by atoms with Crippen molar-refractivity contribution in [1.82, 2.24) is 57.7 Å². The van der Waals surface area contributed by atoms with Gasteiger partial charge in [-0.15, -0.1) is 0 Å². The van der Waals surface area contributed by atoms with Crippen LogP contribution in [0, 0.1) is 5.92 Å². The van der Waals surface area contributed by atoms with Gasteiger partial charge in [-0.1, -0.05) is 0 Å². The fourth-order valence-electron chi connectivity index (χ4n) is 14.0. The topological polar surface area (TPSA) is 702 Å². The first kappa shape index (κ1) is 113. The molecule has 0 aromatic rings. The van der Waals surface area contributed by atoms with Gasteiger partial charge < -0.3 is 199 Å². The van der Waals surface area contributed by atoms with Gasteiger partial charge in [0.25, 0.3) is 0 Å². The van der Waals surface area contributed by atoms with E-state index in [0.29, 0.717) is 32.3 Å². The molecule has 1 saturated carbocycles. The third-order valence-corrected chi connectivity index (χ3v) is 20.5. The Morgan fingerprint density at radius 1 is 0.341 bits per heavy atom. The maximum Gasteiger partial charge on any atom is 0.246 e. The minimum absolute atomic E-state index is 0.000185. The molecule has 744 valence electrons. The van der Waals surface area contributed by atoms with Crippen LogP contribution in [0.25, 0.3) is 0 Å². The van der Waals surface area contributed by atoms with Crippen molar-refractivity contribution >= 4 is 65.0 Å². The Kier molecular flexibility index (Phi) is 55.2. The maximum absolute atomic E-state index is 15.2. The van der Waals surface area contributed by atoms with Gasteiger partial charge >= 0.3 is 0 Å². The summed E-state index contributed by atoms with van der Waals surface area (Å²) in [5.41, 5.74) is 0. The number of hydrogen-bond acceptors (Lipinski definition) is 40. The Balaban J connectivity index is 1.25. The van der Waals surface area contributed by atoms with Crippen LogP contribution in [0.2, 0.25) is 0 Å². The van der Waals surface area contributed by atoms with E-state index >= 15 is 4.79 Å². The lowest BCUT2D eigenvalue weighted by Gasteiger charge is -2.42. The molecule has 5 aliphatic rings. The molecule has 4 aliphatic heterocycles. The molecule has 11 amide bonds. The van der Waals surface area contributed by atoms with Crippen LogP contribution < -0.4 is 47.9 Å². The second-order valence-corrected chi connectivity index (χ2v) is 30.5. The largest absolute Gasteiger partial charge is 0.394 e. The van der Waals surface area contributed by atoms with Crippen LogP contribution in [0.3, 0.4) is 0 Å². The highest BCUT2D eigenvalue weighted by atomic mass is 16.7. The van der Waals surface area contributed by atoms with Crippen molar-refractivity contribution < 1.29 is 195 Å². The molecule has 129 heavy (non-hydrogen) atoms. The second-order valence-electron chi connectivity index (χ2n) is 30.5. The molecule has 21 atom stereocenters. The minimum Gasteiger partial charge on any atom is -0.394 e. The predicted octanol–water partition coefficient (Wildman–Crippen LogP) is -13.1. The molecule has 4 saturated heterocycles. The maximum atomic E-state index is 15.2. The van der Waals surface area contributed by atoms with Crippen molar-refractivity contribution in [2.45, 2.75) is 208 Å². The molecular weight excluding hydrogens is 1730 g/mol. The van der Waals surface area contributed by atoms with Gasteiger partial charge in [-0.25, -0.2) is 0 Å². The number of carbonyl (C=O) groups excluding carboxylic acids is 11. The Morgan fingerprint density at radius 2 is 0.597 bits per heavy atom. The van der Waals surface area contributed by atoms with Crippen molar-refractivity contribution in [3.05, 3.63) is 0 Å². The van der Waals surface area contributed by atoms with E-state index in [9.17, 15) is 109 Å². The fraction of sp³-hybridized carbons (Fsp3) is 0.859. The first-order valence-corrected chi connectivity index (χ1v) is 43.1. The standard InChI is InChI=1S/C78H137N11O40/c1-6-121-50-9-7-49(8-10-50)73(111)87-51(74(112)89(39-58(100)81-15-19-115-23-27-119-31-35-124-77-63(85-47(4)96)71(109)67(105)54(43-92)128-77)40-59(101)82-16-20-116-24-28-120-32-36-125-78-64(86-48(5)97)72(110)68(106)55(44-93)129-78)11-12-60(102)88(37-56(98)79-13-17-113-21-25-117-29-33-122-75-61(83-45(2)94)69(107)65(103)52(41-90)126-75)38-57(99)80-14-18-114-22-26-118-30-34-123-76-62(84-46(3)95)70(108)66(104)53(42-91)127-76/h49-55,61-72,75-78,90-93,103-110H,6-44H2,1-5H3,(H,79,98)(H,80,99)(H,81,100)(H,82,101)(H,83,94)(H,84,95)(H,85,96)(H,86,97)(H,87,111). The molecule has 0 spiro atoms. The number of hydrogen-bond donors (Lipinski definition) is 21. The van der Waals surface area contributed by atoms with Crippen molar-refractivity contribution in [2.24, 2.45) is 5.92 Å². The van der Waals surface area contributed by atoms with E-state index in [2.05, 4.69) is 47.9 Å². The van der Waals surface area contributed by atoms with Gasteiger partial charge in [-0.2, -0.15) is 0 Å². The lowest BCUT2D eigenvalue weighted by Crippen LogP contribution is -2.64. The van der Waals surface area contributed by atoms with Crippen LogP contribution in [0.15, 0.2) is 0 Å². The second kappa shape index (κ2) is 63.2. The summed E-state index contributed by atoms with van der Waals surface area (Å²) in [6.45, 7) is -0.223. The molecule has 21 N–H and O–H groups in total. The third kappa shape index (κ3) is 41.6. The summed E-state index contributed by atoms with van der Waals surface area (Å²) >= 11 is 0. The van der Waals surface area contributed by atoms with Gasteiger partial charge in [0, 0.05) is 72.8 Å². The molecule has 51 heteroatoms. The van der Waals surface area contributed by atoms with Crippen molar-refractivity contribution in [3.63, 3.8) is 0 Å². The fourth-order valence-corrected chi connectivity index (χ4v) is 14.0. The minimum atomic E-state index is -1.65. The highest BCUT2D eigenvalue weighted by molar-refractivity contribution is 5.95. The molecule has 51 nitrogen and oxygen atoms in total. The molecule has 0 aromatic carbocycles.